The van der Waals surface area contributed by atoms with Gasteiger partial charge >= 0.3 is 5.97 Å². The van der Waals surface area contributed by atoms with Crippen molar-refractivity contribution in [3.63, 3.8) is 0 Å². The fourth-order valence-electron chi connectivity index (χ4n) is 1.39. The predicted octanol–water partition coefficient (Wildman–Crippen LogP) is 1.44. The molecule has 1 atom stereocenters. The normalized spacial score (nSPS) is 12.4. The van der Waals surface area contributed by atoms with E-state index in [1.165, 1.54) is 0 Å². The van der Waals surface area contributed by atoms with Crippen LogP contribution in [0.15, 0.2) is 4.52 Å². The fraction of sp³-hybridized carbons (Fsp3) is 0.636. The van der Waals surface area contributed by atoms with E-state index in [9.17, 15) is 4.79 Å². The molecule has 0 amide bonds. The maximum Gasteiger partial charge on any atom is 0.375 e. The molecule has 1 heterocycles. The highest BCUT2D eigenvalue weighted by atomic mass is 16.5. The van der Waals surface area contributed by atoms with Crippen molar-refractivity contribution in [3.8, 4) is 5.88 Å². The van der Waals surface area contributed by atoms with Crippen LogP contribution in [0.1, 0.15) is 42.8 Å². The van der Waals surface area contributed by atoms with E-state index < -0.39 is 5.97 Å². The Morgan fingerprint density at radius 3 is 2.88 bits per heavy atom. The van der Waals surface area contributed by atoms with Crippen molar-refractivity contribution in [1.82, 2.24) is 5.16 Å². The molecule has 1 aromatic rings. The van der Waals surface area contributed by atoms with Gasteiger partial charge in [0.1, 0.15) is 0 Å². The lowest BCUT2D eigenvalue weighted by Gasteiger charge is -2.06. The Balaban J connectivity index is 2.84. The van der Waals surface area contributed by atoms with Gasteiger partial charge in [-0.25, -0.2) is 4.79 Å². The molecule has 0 aromatic carbocycles. The molecular formula is C11H18N2O4. The highest BCUT2D eigenvalue weighted by Gasteiger charge is 2.23. The molecule has 0 aliphatic rings. The van der Waals surface area contributed by atoms with Crippen LogP contribution in [-0.4, -0.2) is 28.9 Å². The quantitative estimate of drug-likeness (QED) is 0.702. The summed E-state index contributed by atoms with van der Waals surface area (Å²) >= 11 is 0. The summed E-state index contributed by atoms with van der Waals surface area (Å²) in [4.78, 5) is 10.9. The molecule has 0 aliphatic carbocycles. The SMILES string of the molecule is CCCCOc1noc(C(=O)O)c1CC(C)N. The van der Waals surface area contributed by atoms with Crippen LogP contribution in [0.25, 0.3) is 0 Å². The molecule has 17 heavy (non-hydrogen) atoms. The first-order valence-electron chi connectivity index (χ1n) is 5.66. The maximum atomic E-state index is 10.9. The zero-order chi connectivity index (χ0) is 12.8. The topological polar surface area (TPSA) is 98.6 Å². The van der Waals surface area contributed by atoms with Crippen molar-refractivity contribution < 1.29 is 19.2 Å². The van der Waals surface area contributed by atoms with Gasteiger partial charge in [-0.15, -0.1) is 0 Å². The van der Waals surface area contributed by atoms with Gasteiger partial charge in [0.2, 0.25) is 0 Å². The van der Waals surface area contributed by atoms with Crippen LogP contribution < -0.4 is 10.5 Å². The summed E-state index contributed by atoms with van der Waals surface area (Å²) in [7, 11) is 0. The second-order valence-electron chi connectivity index (χ2n) is 3.98. The second kappa shape index (κ2) is 6.24. The predicted molar refractivity (Wildman–Crippen MR) is 61.2 cm³/mol. The standard InChI is InChI=1S/C11H18N2O4/c1-3-4-5-16-10-8(6-7(2)12)9(11(14)15)17-13-10/h7H,3-6,12H2,1-2H3,(H,14,15). The molecule has 0 radical (unpaired) electrons. The van der Waals surface area contributed by atoms with Crippen LogP contribution in [-0.2, 0) is 6.42 Å². The average molecular weight is 242 g/mol. The summed E-state index contributed by atoms with van der Waals surface area (Å²) in [5.74, 6) is -1.10. The molecule has 0 saturated carbocycles. The van der Waals surface area contributed by atoms with Crippen molar-refractivity contribution in [2.45, 2.75) is 39.2 Å². The number of aromatic nitrogens is 1. The smallest absolute Gasteiger partial charge is 0.375 e. The van der Waals surface area contributed by atoms with Gasteiger partial charge in [-0.2, -0.15) is 0 Å². The van der Waals surface area contributed by atoms with Gasteiger partial charge in [0.05, 0.1) is 12.2 Å². The van der Waals surface area contributed by atoms with Crippen LogP contribution in [0.3, 0.4) is 0 Å². The van der Waals surface area contributed by atoms with Crippen molar-refractivity contribution in [2.75, 3.05) is 6.61 Å². The molecular weight excluding hydrogens is 224 g/mol. The maximum absolute atomic E-state index is 10.9. The number of nitrogens with zero attached hydrogens (tertiary/aromatic N) is 1. The Morgan fingerprint density at radius 1 is 1.65 bits per heavy atom. The van der Waals surface area contributed by atoms with Crippen molar-refractivity contribution in [2.24, 2.45) is 5.73 Å². The fourth-order valence-corrected chi connectivity index (χ4v) is 1.39. The lowest BCUT2D eigenvalue weighted by molar-refractivity contribution is 0.0650. The highest BCUT2D eigenvalue weighted by molar-refractivity contribution is 5.86. The molecule has 0 fully saturated rings. The Morgan fingerprint density at radius 2 is 2.35 bits per heavy atom. The number of unbranched alkanes of at least 4 members (excludes halogenated alkanes) is 1. The number of nitrogens with two attached hydrogens (primary N) is 1. The Bertz CT molecular complexity index is 374. The minimum atomic E-state index is -1.15. The number of aromatic carboxylic acids is 1. The van der Waals surface area contributed by atoms with Crippen molar-refractivity contribution >= 4 is 5.97 Å². The molecule has 6 heteroatoms. The van der Waals surface area contributed by atoms with E-state index >= 15 is 0 Å². The number of carboxylic acid groups (broad SMARTS) is 1. The first-order valence-corrected chi connectivity index (χ1v) is 5.66. The summed E-state index contributed by atoms with van der Waals surface area (Å²) in [5, 5.41) is 12.6. The van der Waals surface area contributed by atoms with Gasteiger partial charge in [-0.1, -0.05) is 13.3 Å². The average Bonchev–Trinajstić information content (AvgIpc) is 2.61. The third-order valence-electron chi connectivity index (χ3n) is 2.21. The molecule has 1 aromatic heterocycles. The highest BCUT2D eigenvalue weighted by Crippen LogP contribution is 2.23. The molecule has 1 unspecified atom stereocenters. The van der Waals surface area contributed by atoms with E-state index in [1.807, 2.05) is 6.92 Å². The summed E-state index contributed by atoms with van der Waals surface area (Å²) in [6.07, 6.45) is 2.24. The zero-order valence-corrected chi connectivity index (χ0v) is 10.1. The van der Waals surface area contributed by atoms with Crippen molar-refractivity contribution in [3.05, 3.63) is 11.3 Å². The van der Waals surface area contributed by atoms with Gasteiger partial charge < -0.3 is 20.1 Å². The van der Waals surface area contributed by atoms with Crippen molar-refractivity contribution in [1.29, 1.82) is 0 Å². The number of carbonyl (C=O) groups is 1. The molecule has 6 nitrogen and oxygen atoms in total. The van der Waals surface area contributed by atoms with Gasteiger partial charge in [-0.3, -0.25) is 0 Å². The molecule has 0 saturated heterocycles. The van der Waals surface area contributed by atoms with E-state index in [2.05, 4.69) is 5.16 Å². The summed E-state index contributed by atoms with van der Waals surface area (Å²) < 4.78 is 10.1. The minimum Gasteiger partial charge on any atom is -0.475 e. The monoisotopic (exact) mass is 242 g/mol. The number of hydrogen-bond acceptors (Lipinski definition) is 5. The molecule has 0 bridgehead atoms. The molecule has 1 rings (SSSR count). The zero-order valence-electron chi connectivity index (χ0n) is 10.1. The van der Waals surface area contributed by atoms with Crippen LogP contribution in [0.2, 0.25) is 0 Å². The van der Waals surface area contributed by atoms with Gasteiger partial charge in [-0.05, 0) is 24.9 Å². The lowest BCUT2D eigenvalue weighted by Crippen LogP contribution is -2.19. The molecule has 0 spiro atoms. The van der Waals surface area contributed by atoms with Gasteiger partial charge in [0.15, 0.2) is 0 Å². The van der Waals surface area contributed by atoms with Crippen LogP contribution in [0.5, 0.6) is 5.88 Å². The van der Waals surface area contributed by atoms with E-state index in [0.29, 0.717) is 18.6 Å². The third kappa shape index (κ3) is 3.74. The summed E-state index contributed by atoms with van der Waals surface area (Å²) in [6, 6.07) is -0.180. The Hall–Kier alpha value is -1.56. The number of carboxylic acids is 1. The Labute approximate surface area is 99.7 Å². The van der Waals surface area contributed by atoms with E-state index in [0.717, 1.165) is 12.8 Å². The number of hydrogen-bond donors (Lipinski definition) is 2. The third-order valence-corrected chi connectivity index (χ3v) is 2.21. The lowest BCUT2D eigenvalue weighted by atomic mass is 10.1. The number of ether oxygens (including phenoxy) is 1. The van der Waals surface area contributed by atoms with Crippen LogP contribution in [0.4, 0.5) is 0 Å². The Kier molecular flexibility index (Phi) is 4.96. The van der Waals surface area contributed by atoms with Gasteiger partial charge in [0, 0.05) is 6.04 Å². The molecule has 0 aliphatic heterocycles. The number of rotatable bonds is 7. The minimum absolute atomic E-state index is 0.180. The van der Waals surface area contributed by atoms with Crippen LogP contribution >= 0.6 is 0 Å². The largest absolute Gasteiger partial charge is 0.475 e. The second-order valence-corrected chi connectivity index (χ2v) is 3.98. The molecule has 96 valence electrons. The van der Waals surface area contributed by atoms with E-state index in [4.69, 9.17) is 20.1 Å². The summed E-state index contributed by atoms with van der Waals surface area (Å²) in [6.45, 7) is 4.32. The van der Waals surface area contributed by atoms with Crippen LogP contribution in [0, 0.1) is 0 Å². The first kappa shape index (κ1) is 13.5. The van der Waals surface area contributed by atoms with E-state index in [1.54, 1.807) is 6.92 Å². The van der Waals surface area contributed by atoms with Gasteiger partial charge in [0.25, 0.3) is 11.6 Å². The summed E-state index contributed by atoms with van der Waals surface area (Å²) in [5.41, 5.74) is 6.09. The van der Waals surface area contributed by atoms with E-state index in [-0.39, 0.29) is 17.7 Å². The molecule has 3 N–H and O–H groups in total. The first-order chi connectivity index (χ1) is 8.06.